The second kappa shape index (κ2) is 6.46. The van der Waals surface area contributed by atoms with E-state index in [1.807, 2.05) is 0 Å². The zero-order valence-corrected chi connectivity index (χ0v) is 13.7. The summed E-state index contributed by atoms with van der Waals surface area (Å²) in [5, 5.41) is 5.69. The van der Waals surface area contributed by atoms with Crippen LogP contribution in [-0.4, -0.2) is 47.9 Å². The minimum absolute atomic E-state index is 0.00274. The maximum Gasteiger partial charge on any atom is 0.241 e. The highest BCUT2D eigenvalue weighted by atomic mass is 32.1. The van der Waals surface area contributed by atoms with Crippen molar-refractivity contribution in [1.29, 1.82) is 0 Å². The Labute approximate surface area is 131 Å². The van der Waals surface area contributed by atoms with Gasteiger partial charge in [-0.1, -0.05) is 25.8 Å². The number of likely N-dealkylation sites (N-methyl/N-ethyl adjacent to an activating group) is 1. The van der Waals surface area contributed by atoms with Gasteiger partial charge in [-0.3, -0.25) is 10.1 Å². The third kappa shape index (κ3) is 3.00. The number of thiophene rings is 1. The van der Waals surface area contributed by atoms with Gasteiger partial charge in [0, 0.05) is 17.5 Å². The Bertz CT molecular complexity index is 476. The number of amides is 1. The first-order valence-corrected chi connectivity index (χ1v) is 8.89. The molecule has 0 radical (unpaired) electrons. The number of likely N-dealkylation sites (tertiary alicyclic amines) is 1. The van der Waals surface area contributed by atoms with Gasteiger partial charge in [-0.15, -0.1) is 11.3 Å². The zero-order chi connectivity index (χ0) is 14.8. The molecule has 0 saturated carbocycles. The first-order chi connectivity index (χ1) is 10.2. The molecule has 1 N–H and O–H groups in total. The molecule has 0 bridgehead atoms. The van der Waals surface area contributed by atoms with Gasteiger partial charge >= 0.3 is 0 Å². The van der Waals surface area contributed by atoms with E-state index in [9.17, 15) is 4.79 Å². The molecule has 0 spiro atoms. The molecule has 1 amide bonds. The van der Waals surface area contributed by atoms with E-state index >= 15 is 0 Å². The van der Waals surface area contributed by atoms with Crippen molar-refractivity contribution in [2.75, 3.05) is 20.1 Å². The van der Waals surface area contributed by atoms with Gasteiger partial charge in [-0.2, -0.15) is 0 Å². The first-order valence-electron chi connectivity index (χ1n) is 8.01. The summed E-state index contributed by atoms with van der Waals surface area (Å²) in [4.78, 5) is 18.6. The van der Waals surface area contributed by atoms with Gasteiger partial charge in [0.25, 0.3) is 0 Å². The molecule has 3 rings (SSSR count). The summed E-state index contributed by atoms with van der Waals surface area (Å²) in [5.74, 6) is 0.308. The van der Waals surface area contributed by atoms with Crippen molar-refractivity contribution in [3.63, 3.8) is 0 Å². The third-order valence-electron chi connectivity index (χ3n) is 4.61. The number of hydrogen-bond acceptors (Lipinski definition) is 4. The standard InChI is InChI=1S/C16H25N3OS/c1-3-4-6-13-16(20)19(12-8-9-18(2)11-12)15(17-13)14-7-5-10-21-14/h5,7,10,12-13,15,17H,3-4,6,8-9,11H2,1-2H3. The average molecular weight is 307 g/mol. The number of nitrogens with one attached hydrogen (secondary N) is 1. The predicted octanol–water partition coefficient (Wildman–Crippen LogP) is 2.44. The van der Waals surface area contributed by atoms with Crippen LogP contribution in [0.2, 0.25) is 0 Å². The molecule has 3 atom stereocenters. The molecule has 116 valence electrons. The molecule has 5 heteroatoms. The van der Waals surface area contributed by atoms with Crippen molar-refractivity contribution in [3.8, 4) is 0 Å². The Hall–Kier alpha value is -0.910. The Morgan fingerprint density at radius 2 is 2.33 bits per heavy atom. The van der Waals surface area contributed by atoms with Crippen LogP contribution in [0.5, 0.6) is 0 Å². The van der Waals surface area contributed by atoms with Gasteiger partial charge < -0.3 is 9.80 Å². The summed E-state index contributed by atoms with van der Waals surface area (Å²) in [6.07, 6.45) is 4.37. The lowest BCUT2D eigenvalue weighted by atomic mass is 10.1. The van der Waals surface area contributed by atoms with Gasteiger partial charge in [-0.05, 0) is 37.9 Å². The third-order valence-corrected chi connectivity index (χ3v) is 5.53. The SMILES string of the molecule is CCCCC1NC(c2cccs2)N(C2CCN(C)C2)C1=O. The predicted molar refractivity (Wildman–Crippen MR) is 86.3 cm³/mol. The van der Waals surface area contributed by atoms with E-state index in [0.29, 0.717) is 11.9 Å². The van der Waals surface area contributed by atoms with Crippen LogP contribution >= 0.6 is 11.3 Å². The summed E-state index contributed by atoms with van der Waals surface area (Å²) < 4.78 is 0. The van der Waals surface area contributed by atoms with Crippen LogP contribution in [0.4, 0.5) is 0 Å². The normalized spacial score (nSPS) is 30.5. The molecule has 0 aliphatic carbocycles. The van der Waals surface area contributed by atoms with Crippen molar-refractivity contribution >= 4 is 17.2 Å². The molecule has 3 heterocycles. The summed E-state index contributed by atoms with van der Waals surface area (Å²) in [6.45, 7) is 4.26. The fourth-order valence-electron chi connectivity index (χ4n) is 3.46. The number of unbranched alkanes of at least 4 members (excludes halogenated alkanes) is 1. The van der Waals surface area contributed by atoms with Crippen molar-refractivity contribution < 1.29 is 4.79 Å². The minimum Gasteiger partial charge on any atom is -0.316 e. The summed E-state index contributed by atoms with van der Waals surface area (Å²) in [5.41, 5.74) is 0. The van der Waals surface area contributed by atoms with E-state index in [4.69, 9.17) is 0 Å². The van der Waals surface area contributed by atoms with Crippen molar-refractivity contribution in [1.82, 2.24) is 15.1 Å². The largest absolute Gasteiger partial charge is 0.316 e. The molecule has 2 saturated heterocycles. The molecular formula is C16H25N3OS. The van der Waals surface area contributed by atoms with E-state index in [1.54, 1.807) is 11.3 Å². The number of rotatable bonds is 5. The Morgan fingerprint density at radius 3 is 2.95 bits per heavy atom. The number of nitrogens with zero attached hydrogens (tertiary/aromatic N) is 2. The second-order valence-corrected chi connectivity index (χ2v) is 7.21. The van der Waals surface area contributed by atoms with E-state index in [-0.39, 0.29) is 12.2 Å². The molecule has 2 aliphatic rings. The Morgan fingerprint density at radius 1 is 1.48 bits per heavy atom. The highest BCUT2D eigenvalue weighted by Gasteiger charge is 2.44. The number of carbonyl (C=O) groups is 1. The van der Waals surface area contributed by atoms with Crippen LogP contribution in [0.3, 0.4) is 0 Å². The smallest absolute Gasteiger partial charge is 0.241 e. The van der Waals surface area contributed by atoms with E-state index in [1.165, 1.54) is 4.88 Å². The Kier molecular flexibility index (Phi) is 4.62. The molecule has 4 nitrogen and oxygen atoms in total. The zero-order valence-electron chi connectivity index (χ0n) is 12.9. The highest BCUT2D eigenvalue weighted by Crippen LogP contribution is 2.33. The topological polar surface area (TPSA) is 35.6 Å². The summed E-state index contributed by atoms with van der Waals surface area (Å²) >= 11 is 1.74. The summed E-state index contributed by atoms with van der Waals surface area (Å²) in [7, 11) is 2.14. The fourth-order valence-corrected chi connectivity index (χ4v) is 4.24. The van der Waals surface area contributed by atoms with Crippen molar-refractivity contribution in [2.24, 2.45) is 0 Å². The molecule has 21 heavy (non-hydrogen) atoms. The van der Waals surface area contributed by atoms with Crippen molar-refractivity contribution in [3.05, 3.63) is 22.4 Å². The quantitative estimate of drug-likeness (QED) is 0.907. The maximum absolute atomic E-state index is 12.9. The number of hydrogen-bond donors (Lipinski definition) is 1. The van der Waals surface area contributed by atoms with Crippen LogP contribution in [0.15, 0.2) is 17.5 Å². The van der Waals surface area contributed by atoms with Gasteiger partial charge in [0.05, 0.1) is 6.04 Å². The van der Waals surface area contributed by atoms with Crippen LogP contribution in [0.25, 0.3) is 0 Å². The average Bonchev–Trinajstić information content (AvgIpc) is 3.17. The number of carbonyl (C=O) groups excluding carboxylic acids is 1. The van der Waals surface area contributed by atoms with E-state index in [0.717, 1.165) is 38.8 Å². The van der Waals surface area contributed by atoms with Crippen LogP contribution in [-0.2, 0) is 4.79 Å². The lowest BCUT2D eigenvalue weighted by Gasteiger charge is -2.29. The van der Waals surface area contributed by atoms with Gasteiger partial charge in [0.15, 0.2) is 0 Å². The van der Waals surface area contributed by atoms with Gasteiger partial charge in [0.1, 0.15) is 6.17 Å². The fraction of sp³-hybridized carbons (Fsp3) is 0.688. The molecule has 3 unspecified atom stereocenters. The molecule has 1 aromatic rings. The summed E-state index contributed by atoms with van der Waals surface area (Å²) in [6, 6.07) is 4.57. The molecule has 0 aromatic carbocycles. The van der Waals surface area contributed by atoms with E-state index in [2.05, 4.69) is 46.6 Å². The lowest BCUT2D eigenvalue weighted by Crippen LogP contribution is -2.41. The molecule has 1 aromatic heterocycles. The molecular weight excluding hydrogens is 282 g/mol. The van der Waals surface area contributed by atoms with Gasteiger partial charge in [0.2, 0.25) is 5.91 Å². The van der Waals surface area contributed by atoms with Crippen LogP contribution in [0.1, 0.15) is 43.6 Å². The maximum atomic E-state index is 12.9. The van der Waals surface area contributed by atoms with Crippen LogP contribution in [0, 0.1) is 0 Å². The van der Waals surface area contributed by atoms with Crippen molar-refractivity contribution in [2.45, 2.75) is 50.9 Å². The second-order valence-electron chi connectivity index (χ2n) is 6.23. The Balaban J connectivity index is 1.80. The molecule has 2 aliphatic heterocycles. The van der Waals surface area contributed by atoms with E-state index < -0.39 is 0 Å². The first kappa shape index (κ1) is 15.0. The molecule has 2 fully saturated rings. The monoisotopic (exact) mass is 307 g/mol. The lowest BCUT2D eigenvalue weighted by molar-refractivity contribution is -0.132. The van der Waals surface area contributed by atoms with Crippen LogP contribution < -0.4 is 5.32 Å². The highest BCUT2D eigenvalue weighted by molar-refractivity contribution is 7.10. The van der Waals surface area contributed by atoms with Gasteiger partial charge in [-0.25, -0.2) is 0 Å². The minimum atomic E-state index is 0.00274.